The first kappa shape index (κ1) is 16.4. The van der Waals surface area contributed by atoms with Crippen molar-refractivity contribution in [3.63, 3.8) is 0 Å². The molecule has 1 aliphatic heterocycles. The Bertz CT molecular complexity index is 553. The average molecular weight is 423 g/mol. The fourth-order valence-corrected chi connectivity index (χ4v) is 2.48. The lowest BCUT2D eigenvalue weighted by atomic mass is 10.1. The maximum Gasteiger partial charge on any atom is 0.427 e. The molecule has 0 aliphatic carbocycles. The van der Waals surface area contributed by atoms with Crippen LogP contribution in [0.2, 0.25) is 0 Å². The van der Waals surface area contributed by atoms with Crippen molar-refractivity contribution in [3.05, 3.63) is 35.4 Å². The summed E-state index contributed by atoms with van der Waals surface area (Å²) in [5.74, 6) is -0.412. The summed E-state index contributed by atoms with van der Waals surface area (Å²) in [6.45, 7) is 0. The van der Waals surface area contributed by atoms with Crippen LogP contribution in [0.25, 0.3) is 0 Å². The van der Waals surface area contributed by atoms with E-state index in [-0.39, 0.29) is 9.99 Å². The Kier molecular flexibility index (Phi) is 4.41. The van der Waals surface area contributed by atoms with E-state index in [1.807, 2.05) is 0 Å². The summed E-state index contributed by atoms with van der Waals surface area (Å²) in [5, 5.41) is 0. The van der Waals surface area contributed by atoms with E-state index >= 15 is 0 Å². The van der Waals surface area contributed by atoms with Gasteiger partial charge in [0, 0.05) is 9.99 Å². The first-order chi connectivity index (χ1) is 9.63. The van der Waals surface area contributed by atoms with E-state index in [0.717, 1.165) is 18.2 Å². The standard InChI is InChI=1S/C12H8F6INO/c13-11(14,15)7-3-1-2-6(4-7)10-20-8(5-19)9(21-10)12(16,17)18/h1-4,8-9H,5H2. The van der Waals surface area contributed by atoms with Gasteiger partial charge in [0.2, 0.25) is 12.0 Å². The minimum atomic E-state index is -4.62. The van der Waals surface area contributed by atoms with Crippen molar-refractivity contribution in [3.8, 4) is 0 Å². The maximum absolute atomic E-state index is 12.8. The zero-order chi connectivity index (χ0) is 15.8. The molecule has 0 saturated carbocycles. The van der Waals surface area contributed by atoms with Gasteiger partial charge in [-0.15, -0.1) is 0 Å². The van der Waals surface area contributed by atoms with Crippen LogP contribution in [0.3, 0.4) is 0 Å². The van der Waals surface area contributed by atoms with Crippen LogP contribution >= 0.6 is 22.6 Å². The predicted octanol–water partition coefficient (Wildman–Crippen LogP) is 4.22. The molecule has 0 radical (unpaired) electrons. The molecular weight excluding hydrogens is 415 g/mol. The number of rotatable bonds is 2. The summed E-state index contributed by atoms with van der Waals surface area (Å²) < 4.78 is 80.9. The molecule has 2 nitrogen and oxygen atoms in total. The van der Waals surface area contributed by atoms with Crippen molar-refractivity contribution < 1.29 is 31.1 Å². The van der Waals surface area contributed by atoms with E-state index in [1.165, 1.54) is 6.07 Å². The minimum absolute atomic E-state index is 0.0460. The molecule has 2 rings (SSSR count). The fourth-order valence-electron chi connectivity index (χ4n) is 1.82. The molecule has 116 valence electrons. The predicted molar refractivity (Wildman–Crippen MR) is 71.6 cm³/mol. The van der Waals surface area contributed by atoms with E-state index in [2.05, 4.69) is 4.99 Å². The molecule has 2 unspecified atom stereocenters. The van der Waals surface area contributed by atoms with Gasteiger partial charge in [-0.3, -0.25) is 0 Å². The second kappa shape index (κ2) is 5.65. The van der Waals surface area contributed by atoms with Gasteiger partial charge in [-0.1, -0.05) is 28.7 Å². The molecule has 0 amide bonds. The van der Waals surface area contributed by atoms with Gasteiger partial charge in [-0.05, 0) is 18.2 Å². The molecular formula is C12H8F6INO. The van der Waals surface area contributed by atoms with Gasteiger partial charge in [0.1, 0.15) is 6.04 Å². The molecule has 0 spiro atoms. The van der Waals surface area contributed by atoms with Gasteiger partial charge in [-0.25, -0.2) is 4.99 Å². The van der Waals surface area contributed by atoms with E-state index in [1.54, 1.807) is 22.6 Å². The zero-order valence-corrected chi connectivity index (χ0v) is 12.3. The van der Waals surface area contributed by atoms with Crippen LogP contribution in [0.15, 0.2) is 29.3 Å². The van der Waals surface area contributed by atoms with Crippen molar-refractivity contribution in [1.29, 1.82) is 0 Å². The second-order valence-electron chi connectivity index (χ2n) is 4.31. The lowest BCUT2D eigenvalue weighted by Crippen LogP contribution is -2.38. The fraction of sp³-hybridized carbons (Fsp3) is 0.417. The van der Waals surface area contributed by atoms with E-state index in [4.69, 9.17) is 4.74 Å². The third-order valence-corrected chi connectivity index (χ3v) is 3.69. The highest BCUT2D eigenvalue weighted by Gasteiger charge is 2.50. The number of nitrogens with zero attached hydrogens (tertiary/aromatic N) is 1. The molecule has 0 N–H and O–H groups in total. The Morgan fingerprint density at radius 1 is 1.14 bits per heavy atom. The smallest absolute Gasteiger partial charge is 0.427 e. The Labute approximate surface area is 129 Å². The highest BCUT2D eigenvalue weighted by Crippen LogP contribution is 2.34. The SMILES string of the molecule is FC(F)(F)c1cccc(C2=NC(CI)C(C(F)(F)F)O2)c1. The lowest BCUT2D eigenvalue weighted by Gasteiger charge is -2.19. The zero-order valence-electron chi connectivity index (χ0n) is 10.2. The molecule has 0 bridgehead atoms. The molecule has 0 saturated heterocycles. The van der Waals surface area contributed by atoms with Gasteiger partial charge >= 0.3 is 12.4 Å². The number of halogens is 7. The van der Waals surface area contributed by atoms with E-state index in [0.29, 0.717) is 0 Å². The summed E-state index contributed by atoms with van der Waals surface area (Å²) in [7, 11) is 0. The minimum Gasteiger partial charge on any atom is -0.462 e. The monoisotopic (exact) mass is 423 g/mol. The Balaban J connectivity index is 2.32. The van der Waals surface area contributed by atoms with Crippen LogP contribution in [-0.4, -0.2) is 28.6 Å². The Hall–Kier alpha value is -1.00. The van der Waals surface area contributed by atoms with Gasteiger partial charge in [0.25, 0.3) is 0 Å². The number of hydrogen-bond acceptors (Lipinski definition) is 2. The van der Waals surface area contributed by atoms with Crippen molar-refractivity contribution in [1.82, 2.24) is 0 Å². The number of benzene rings is 1. The topological polar surface area (TPSA) is 21.6 Å². The van der Waals surface area contributed by atoms with Crippen LogP contribution < -0.4 is 0 Å². The van der Waals surface area contributed by atoms with Crippen molar-refractivity contribution in [2.24, 2.45) is 4.99 Å². The molecule has 1 aromatic rings. The lowest BCUT2D eigenvalue weighted by molar-refractivity contribution is -0.196. The summed E-state index contributed by atoms with van der Waals surface area (Å²) in [4.78, 5) is 3.75. The van der Waals surface area contributed by atoms with Crippen LogP contribution in [0, 0.1) is 0 Å². The third kappa shape index (κ3) is 3.61. The van der Waals surface area contributed by atoms with Crippen molar-refractivity contribution in [2.75, 3.05) is 4.43 Å². The summed E-state index contributed by atoms with van der Waals surface area (Å²) in [5.41, 5.74) is -1.08. The molecule has 1 heterocycles. The summed E-state index contributed by atoms with van der Waals surface area (Å²) in [6.07, 6.45) is -11.3. The normalized spacial score (nSPS) is 22.9. The third-order valence-electron chi connectivity index (χ3n) is 2.79. The molecule has 0 fully saturated rings. The van der Waals surface area contributed by atoms with Crippen LogP contribution in [0.1, 0.15) is 11.1 Å². The average Bonchev–Trinajstić information content (AvgIpc) is 2.82. The molecule has 1 aliphatic rings. The summed E-state index contributed by atoms with van der Waals surface area (Å²) in [6, 6.07) is 2.73. The van der Waals surface area contributed by atoms with Crippen molar-refractivity contribution >= 4 is 28.5 Å². The number of ether oxygens (including phenoxy) is 1. The van der Waals surface area contributed by atoms with Crippen LogP contribution in [0.4, 0.5) is 26.3 Å². The number of aliphatic imine (C=N–C) groups is 1. The highest BCUT2D eigenvalue weighted by atomic mass is 127. The highest BCUT2D eigenvalue weighted by molar-refractivity contribution is 14.1. The first-order valence-electron chi connectivity index (χ1n) is 5.67. The first-order valence-corrected chi connectivity index (χ1v) is 7.20. The van der Waals surface area contributed by atoms with E-state index < -0.39 is 36.0 Å². The van der Waals surface area contributed by atoms with Gasteiger partial charge in [-0.2, -0.15) is 26.3 Å². The van der Waals surface area contributed by atoms with Gasteiger partial charge in [0.15, 0.2) is 0 Å². The molecule has 0 aromatic heterocycles. The quantitative estimate of drug-likeness (QED) is 0.397. The molecule has 9 heteroatoms. The second-order valence-corrected chi connectivity index (χ2v) is 5.20. The summed E-state index contributed by atoms with van der Waals surface area (Å²) >= 11 is 1.73. The van der Waals surface area contributed by atoms with Gasteiger partial charge < -0.3 is 4.74 Å². The molecule has 2 atom stereocenters. The number of alkyl halides is 7. The Morgan fingerprint density at radius 3 is 2.29 bits per heavy atom. The molecule has 21 heavy (non-hydrogen) atoms. The van der Waals surface area contributed by atoms with Gasteiger partial charge in [0.05, 0.1) is 5.56 Å². The maximum atomic E-state index is 12.8. The largest absolute Gasteiger partial charge is 0.462 e. The van der Waals surface area contributed by atoms with Crippen LogP contribution in [-0.2, 0) is 10.9 Å². The van der Waals surface area contributed by atoms with Crippen LogP contribution in [0.5, 0.6) is 0 Å². The molecule has 1 aromatic carbocycles. The van der Waals surface area contributed by atoms with Crippen molar-refractivity contribution in [2.45, 2.75) is 24.5 Å². The van der Waals surface area contributed by atoms with E-state index in [9.17, 15) is 26.3 Å². The number of hydrogen-bond donors (Lipinski definition) is 0. The Morgan fingerprint density at radius 2 is 1.81 bits per heavy atom.